The molecule has 8 atom stereocenters. The molecule has 0 saturated carbocycles. The van der Waals surface area contributed by atoms with Gasteiger partial charge in [0, 0.05) is 0 Å². The molecule has 90 heavy (non-hydrogen) atoms. The SMILES string of the molecule is C=CCOC[C@@]12CC[C@@]3(O1)c1nc4ccccc4nc1[C@@]14CC[C@@](COCC=C)(O1)C15c6c7c8c9c%10c%11c%12c%13c%14c(c%15c%16c1c1c6c6c8c8c%17c9c9c%11c%11c%12c%12c%14c%14c%15c%15c%16c%16c1c1c6c8c6c8c%17c9c9c%11c%11c%12c%14c%12c%15c%14c%16c1c6c1c%14c%12c%11c9c81)C54C%133C7%102. The average Bonchev–Trinajstić information content (AvgIpc) is 1.34. The predicted octanol–water partition coefficient (Wildman–Crippen LogP) is 18.8. The fraction of sp³-hybridized carbons (Fsp3) is 0.190. The molecule has 1 aromatic heterocycles. The number of ether oxygens (including phenoxy) is 4. The molecule has 0 radical (unpaired) electrons. The van der Waals surface area contributed by atoms with Crippen LogP contribution in [-0.2, 0) is 51.8 Å². The summed E-state index contributed by atoms with van der Waals surface area (Å²) in [6.07, 6.45) is 7.32. The van der Waals surface area contributed by atoms with Crippen LogP contribution in [0.3, 0.4) is 0 Å². The predicted molar refractivity (Wildman–Crippen MR) is 360 cm³/mol. The lowest BCUT2D eigenvalue weighted by Crippen LogP contribution is -2.85. The Balaban J connectivity index is 1.01. The summed E-state index contributed by atoms with van der Waals surface area (Å²) < 4.78 is 33.8. The molecular formula is C84H26N2O4. The monoisotopic (exact) mass is 1130 g/mol. The highest BCUT2D eigenvalue weighted by Gasteiger charge is 3.06. The van der Waals surface area contributed by atoms with Gasteiger partial charge in [0.2, 0.25) is 0 Å². The molecule has 4 fully saturated rings. The molecule has 6 nitrogen and oxygen atoms in total. The summed E-state index contributed by atoms with van der Waals surface area (Å²) in [5.74, 6) is 0. The Morgan fingerprint density at radius 3 is 0.833 bits per heavy atom. The summed E-state index contributed by atoms with van der Waals surface area (Å²) in [5.41, 5.74) is 6.97. The molecule has 11 aliphatic rings. The van der Waals surface area contributed by atoms with E-state index in [1.54, 1.807) is 303 Å². The van der Waals surface area contributed by atoms with E-state index in [0.717, 1.165) is 48.1 Å². The Morgan fingerprint density at radius 2 is 0.556 bits per heavy atom. The maximum Gasteiger partial charge on any atom is 0.125 e. The van der Waals surface area contributed by atoms with Gasteiger partial charge in [-0.25, -0.2) is 9.97 Å². The summed E-state index contributed by atoms with van der Waals surface area (Å²) in [6.45, 7) is 10.6. The van der Waals surface area contributed by atoms with Crippen molar-refractivity contribution in [3.05, 3.63) is 94.3 Å². The van der Waals surface area contributed by atoms with E-state index in [2.05, 4.69) is 37.4 Å². The molecular weight excluding hydrogens is 1100 g/mol. The first-order valence-corrected chi connectivity index (χ1v) is 33.7. The molecule has 4 unspecified atom stereocenters. The second-order valence-corrected chi connectivity index (χ2v) is 32.9. The minimum absolute atomic E-state index is 0.455. The van der Waals surface area contributed by atoms with E-state index in [0.29, 0.717) is 26.4 Å². The summed E-state index contributed by atoms with van der Waals surface area (Å²) in [5, 5.41) is 79.7. The van der Waals surface area contributed by atoms with Gasteiger partial charge in [0.05, 0.1) is 70.5 Å². The molecule has 4 aliphatic heterocycles. The van der Waals surface area contributed by atoms with Crippen molar-refractivity contribution >= 4 is 280 Å². The first kappa shape index (κ1) is 36.9. The highest BCUT2D eigenvalue weighted by molar-refractivity contribution is 6.81. The van der Waals surface area contributed by atoms with Crippen molar-refractivity contribution in [2.24, 2.45) is 0 Å². The summed E-state index contributed by atoms with van der Waals surface area (Å²) >= 11 is 0. The molecule has 4 bridgehead atoms. The molecule has 396 valence electrons. The highest BCUT2D eigenvalue weighted by atomic mass is 16.6. The smallest absolute Gasteiger partial charge is 0.125 e. The summed E-state index contributed by atoms with van der Waals surface area (Å²) in [6, 6.07) is 8.85. The normalized spacial score (nSPS) is 32.2. The Bertz CT molecular complexity index is 8240. The van der Waals surface area contributed by atoms with Crippen molar-refractivity contribution in [2.75, 3.05) is 26.4 Å². The summed E-state index contributed by atoms with van der Waals surface area (Å²) in [7, 11) is 0. The van der Waals surface area contributed by atoms with Crippen LogP contribution in [0.15, 0.2) is 49.6 Å². The number of para-hydroxylation sites is 2. The number of hydrogen-bond donors (Lipinski definition) is 0. The lowest BCUT2D eigenvalue weighted by molar-refractivity contribution is -0.155. The number of fused-ring (bicyclic) bond motifs is 4. The van der Waals surface area contributed by atoms with Gasteiger partial charge >= 0.3 is 0 Å². The summed E-state index contributed by atoms with van der Waals surface area (Å²) in [4.78, 5) is 12.7. The van der Waals surface area contributed by atoms with E-state index in [4.69, 9.17) is 19.4 Å². The number of rotatable bonds is 8. The van der Waals surface area contributed by atoms with Crippen LogP contribution in [0.2, 0.25) is 0 Å². The van der Waals surface area contributed by atoms with Gasteiger partial charge in [-0.2, -0.15) is 0 Å². The molecule has 27 aromatic carbocycles. The van der Waals surface area contributed by atoms with Crippen molar-refractivity contribution in [3.63, 3.8) is 0 Å². The van der Waals surface area contributed by atoms with Gasteiger partial charge in [-0.15, -0.1) is 13.2 Å². The van der Waals surface area contributed by atoms with Crippen molar-refractivity contribution in [3.8, 4) is 0 Å². The van der Waals surface area contributed by atoms with Crippen LogP contribution in [0.5, 0.6) is 0 Å². The Hall–Kier alpha value is -9.40. The third-order valence-electron chi connectivity index (χ3n) is 32.7. The van der Waals surface area contributed by atoms with Crippen molar-refractivity contribution in [1.82, 2.24) is 9.97 Å². The minimum atomic E-state index is -0.965. The maximum absolute atomic E-state index is 9.39. The fourth-order valence-corrected chi connectivity index (χ4v) is 33.2. The molecule has 4 saturated heterocycles. The van der Waals surface area contributed by atoms with E-state index < -0.39 is 44.1 Å². The molecule has 6 spiro atoms. The van der Waals surface area contributed by atoms with Crippen molar-refractivity contribution < 1.29 is 18.9 Å². The largest absolute Gasteiger partial charge is 0.374 e. The van der Waals surface area contributed by atoms with Gasteiger partial charge < -0.3 is 18.9 Å². The number of benzene rings is 18. The second kappa shape index (κ2) is 8.64. The Kier molecular flexibility index (Phi) is 3.54. The van der Waals surface area contributed by atoms with E-state index >= 15 is 0 Å². The molecule has 28 aromatic rings. The van der Waals surface area contributed by atoms with Crippen LogP contribution >= 0.6 is 0 Å². The number of hydrogen-bond acceptors (Lipinski definition) is 6. The van der Waals surface area contributed by atoms with E-state index in [-0.39, 0.29) is 0 Å². The van der Waals surface area contributed by atoms with Gasteiger partial charge in [-0.3, -0.25) is 0 Å². The van der Waals surface area contributed by atoms with Crippen LogP contribution in [0, 0.1) is 0 Å². The van der Waals surface area contributed by atoms with E-state index in [9.17, 15) is 9.47 Å². The van der Waals surface area contributed by atoms with Crippen LogP contribution < -0.4 is 0 Å². The third kappa shape index (κ3) is 2.00. The molecule has 39 rings (SSSR count). The first-order chi connectivity index (χ1) is 44.6. The highest BCUT2D eigenvalue weighted by Crippen LogP contribution is 3.02. The third-order valence-corrected chi connectivity index (χ3v) is 32.7. The second-order valence-electron chi connectivity index (χ2n) is 32.9. The van der Waals surface area contributed by atoms with Crippen molar-refractivity contribution in [2.45, 2.75) is 69.7 Å². The zero-order valence-corrected chi connectivity index (χ0v) is 47.1. The van der Waals surface area contributed by atoms with Gasteiger partial charge in [0.1, 0.15) is 22.4 Å². The Morgan fingerprint density at radius 1 is 0.311 bits per heavy atom. The van der Waals surface area contributed by atoms with Gasteiger partial charge in [0.25, 0.3) is 0 Å². The van der Waals surface area contributed by atoms with Gasteiger partial charge in [-0.05, 0) is 341 Å². The lowest BCUT2D eigenvalue weighted by Gasteiger charge is -2.76. The van der Waals surface area contributed by atoms with Crippen LogP contribution in [0.25, 0.3) is 280 Å². The van der Waals surface area contributed by atoms with E-state index in [1.807, 2.05) is 12.2 Å². The van der Waals surface area contributed by atoms with Crippen LogP contribution in [0.1, 0.15) is 70.5 Å². The van der Waals surface area contributed by atoms with E-state index in [1.165, 1.54) is 0 Å². The molecule has 0 amide bonds. The van der Waals surface area contributed by atoms with Crippen molar-refractivity contribution in [1.29, 1.82) is 0 Å². The zero-order valence-electron chi connectivity index (χ0n) is 47.1. The number of nitrogens with zero attached hydrogens (tertiary/aromatic N) is 2. The lowest BCUT2D eigenvalue weighted by atomic mass is 9.21. The molecule has 6 heteroatoms. The molecule has 5 heterocycles. The topological polar surface area (TPSA) is 62.7 Å². The maximum atomic E-state index is 9.39. The molecule has 7 aliphatic carbocycles. The standard InChI is InChI=1S/C84H26N2O4/c1-3-13-87-15-77-9-11-79(89-77)75-76(86-18-8-6-5-7-17(18)85-75)80-12-10-78(90-80,16-88-14-4-2)82-70-61-54-46-37-29-22-20-19-21-23-24(22)31-35(29)48(54)56-50-39(31)38-30(23)34-28(21)36-32-25(19)27-26(20)33(37)42-44-40(27)43-41(32)51-45(36)53-47(34)55-49(38)59(50)68-71-64(55)60(53)69-62(51)66-57(43)58(44)67(63(70)52(42)46)74(82)73(66)81(69,77)83(71,79)84(80,82)72(68)65(56)61/h3-8H,1-2,9-16H2/t77-,78+,79-,80-,81?,82?,83?,84?/m1/s1. The minimum Gasteiger partial charge on any atom is -0.374 e. The van der Waals surface area contributed by atoms with Gasteiger partial charge in [0.15, 0.2) is 0 Å². The fourth-order valence-electron chi connectivity index (χ4n) is 33.2. The van der Waals surface area contributed by atoms with Crippen LogP contribution in [0.4, 0.5) is 0 Å². The van der Waals surface area contributed by atoms with Gasteiger partial charge in [-0.1, -0.05) is 24.3 Å². The number of aromatic nitrogens is 2. The average molecular weight is 1130 g/mol. The zero-order chi connectivity index (χ0) is 54.8. The molecule has 0 N–H and O–H groups in total. The van der Waals surface area contributed by atoms with Crippen LogP contribution in [-0.4, -0.2) is 47.6 Å². The quantitative estimate of drug-likeness (QED) is 0.0858. The first-order valence-electron chi connectivity index (χ1n) is 33.7. The Labute approximate surface area is 496 Å².